The molecule has 0 saturated heterocycles. The second-order valence-corrected chi connectivity index (χ2v) is 4.26. The Kier molecular flexibility index (Phi) is 7.85. The van der Waals surface area contributed by atoms with Crippen LogP contribution >= 0.6 is 0 Å². The number of nitrogen functional groups attached to an aromatic ring is 1. The van der Waals surface area contributed by atoms with Crippen LogP contribution in [0.4, 0.5) is 5.69 Å². The normalized spacial score (nSPS) is 10.1. The first-order chi connectivity index (χ1) is 10.1. The summed E-state index contributed by atoms with van der Waals surface area (Å²) in [6, 6.07) is 6.47. The van der Waals surface area contributed by atoms with Crippen LogP contribution in [0.1, 0.15) is 10.4 Å². The smallest absolute Gasteiger partial charge is 0.251 e. The van der Waals surface area contributed by atoms with Crippen LogP contribution in [-0.4, -0.2) is 51.8 Å². The summed E-state index contributed by atoms with van der Waals surface area (Å²) in [7, 11) is 1.59. The van der Waals surface area contributed by atoms with Gasteiger partial charge in [-0.2, -0.15) is 0 Å². The van der Waals surface area contributed by atoms with E-state index in [0.29, 0.717) is 37.6 Å². The van der Waals surface area contributed by atoms with Crippen LogP contribution in [0.3, 0.4) is 0 Å². The molecular weight excluding hydrogens is 274 g/mol. The monoisotopic (exact) mass is 295 g/mol. The van der Waals surface area contributed by atoms with Crippen molar-refractivity contribution in [2.24, 2.45) is 0 Å². The molecule has 0 aliphatic rings. The highest BCUT2D eigenvalue weighted by Crippen LogP contribution is 2.04. The molecule has 4 N–H and O–H groups in total. The largest absolute Gasteiger partial charge is 0.399 e. The van der Waals surface area contributed by atoms with E-state index in [2.05, 4.69) is 10.6 Å². The summed E-state index contributed by atoms with van der Waals surface area (Å²) in [5, 5.41) is 5.16. The number of hydrogen-bond donors (Lipinski definition) is 3. The molecule has 0 aliphatic heterocycles. The summed E-state index contributed by atoms with van der Waals surface area (Å²) < 4.78 is 10.0. The number of rotatable bonds is 9. The Morgan fingerprint density at radius 2 is 1.81 bits per heavy atom. The summed E-state index contributed by atoms with van der Waals surface area (Å²) in [5.41, 5.74) is 6.57. The molecule has 0 bridgehead atoms. The van der Waals surface area contributed by atoms with Crippen LogP contribution in [0.25, 0.3) is 0 Å². The van der Waals surface area contributed by atoms with Gasteiger partial charge in [0, 0.05) is 24.9 Å². The number of anilines is 1. The molecular formula is C14H21N3O4. The maximum Gasteiger partial charge on any atom is 0.251 e. The fourth-order valence-electron chi connectivity index (χ4n) is 1.47. The molecule has 0 aliphatic carbocycles. The van der Waals surface area contributed by atoms with Gasteiger partial charge in [-0.15, -0.1) is 0 Å². The Bertz CT molecular complexity index is 448. The third-order valence-corrected chi connectivity index (χ3v) is 2.58. The number of nitrogens with one attached hydrogen (secondary N) is 2. The van der Waals surface area contributed by atoms with Gasteiger partial charge in [-0.3, -0.25) is 9.59 Å². The first kappa shape index (κ1) is 16.9. The van der Waals surface area contributed by atoms with E-state index in [1.807, 2.05) is 0 Å². The molecule has 7 heteroatoms. The fourth-order valence-corrected chi connectivity index (χ4v) is 1.47. The van der Waals surface area contributed by atoms with Crippen LogP contribution in [0.15, 0.2) is 24.3 Å². The molecule has 0 unspecified atom stereocenters. The minimum absolute atomic E-state index is 0.0821. The number of hydrogen-bond acceptors (Lipinski definition) is 5. The van der Waals surface area contributed by atoms with Gasteiger partial charge in [-0.25, -0.2) is 0 Å². The predicted molar refractivity (Wildman–Crippen MR) is 78.9 cm³/mol. The molecule has 0 atom stereocenters. The lowest BCUT2D eigenvalue weighted by Crippen LogP contribution is -2.38. The number of nitrogens with two attached hydrogens (primary N) is 1. The molecule has 0 aromatic heterocycles. The maximum atomic E-state index is 11.7. The predicted octanol–water partition coefficient (Wildman–Crippen LogP) is -0.222. The SMILES string of the molecule is COCCOCCNC(=O)CNC(=O)c1ccc(N)cc1. The van der Waals surface area contributed by atoms with Gasteiger partial charge in [-0.05, 0) is 24.3 Å². The van der Waals surface area contributed by atoms with Crippen molar-refractivity contribution >= 4 is 17.5 Å². The van der Waals surface area contributed by atoms with Crippen molar-refractivity contribution in [3.05, 3.63) is 29.8 Å². The van der Waals surface area contributed by atoms with Crippen molar-refractivity contribution in [1.82, 2.24) is 10.6 Å². The first-order valence-electron chi connectivity index (χ1n) is 6.60. The number of benzene rings is 1. The Labute approximate surface area is 123 Å². The zero-order valence-corrected chi connectivity index (χ0v) is 12.1. The van der Waals surface area contributed by atoms with Crippen LogP contribution in [-0.2, 0) is 14.3 Å². The molecule has 0 saturated carbocycles. The van der Waals surface area contributed by atoms with Crippen molar-refractivity contribution in [3.8, 4) is 0 Å². The third-order valence-electron chi connectivity index (χ3n) is 2.58. The average Bonchev–Trinajstić information content (AvgIpc) is 2.49. The Hall–Kier alpha value is -2.12. The summed E-state index contributed by atoms with van der Waals surface area (Å²) >= 11 is 0. The minimum atomic E-state index is -0.318. The van der Waals surface area contributed by atoms with Crippen molar-refractivity contribution in [1.29, 1.82) is 0 Å². The lowest BCUT2D eigenvalue weighted by Gasteiger charge is -2.07. The fraction of sp³-hybridized carbons (Fsp3) is 0.429. The molecule has 0 heterocycles. The zero-order valence-electron chi connectivity index (χ0n) is 12.1. The van der Waals surface area contributed by atoms with Crippen LogP contribution < -0.4 is 16.4 Å². The van der Waals surface area contributed by atoms with Gasteiger partial charge in [0.1, 0.15) is 0 Å². The van der Waals surface area contributed by atoms with Gasteiger partial charge in [-0.1, -0.05) is 0 Å². The quantitative estimate of drug-likeness (QED) is 0.432. The maximum absolute atomic E-state index is 11.7. The van der Waals surface area contributed by atoms with Crippen molar-refractivity contribution in [3.63, 3.8) is 0 Å². The average molecular weight is 295 g/mol. The van der Waals surface area contributed by atoms with Gasteiger partial charge in [0.2, 0.25) is 5.91 Å². The Morgan fingerprint density at radius 3 is 2.48 bits per heavy atom. The van der Waals surface area contributed by atoms with Gasteiger partial charge >= 0.3 is 0 Å². The van der Waals surface area contributed by atoms with E-state index in [-0.39, 0.29) is 18.4 Å². The highest BCUT2D eigenvalue weighted by atomic mass is 16.5. The van der Waals surface area contributed by atoms with Gasteiger partial charge < -0.3 is 25.8 Å². The Balaban J connectivity index is 2.15. The van der Waals surface area contributed by atoms with E-state index in [1.165, 1.54) is 0 Å². The van der Waals surface area contributed by atoms with Crippen molar-refractivity contribution in [2.45, 2.75) is 0 Å². The highest BCUT2D eigenvalue weighted by molar-refractivity contribution is 5.96. The summed E-state index contributed by atoms with van der Waals surface area (Å²) in [6.07, 6.45) is 0. The number of ether oxygens (including phenoxy) is 2. The van der Waals surface area contributed by atoms with E-state index < -0.39 is 0 Å². The van der Waals surface area contributed by atoms with Crippen molar-refractivity contribution < 1.29 is 19.1 Å². The topological polar surface area (TPSA) is 103 Å². The van der Waals surface area contributed by atoms with E-state index in [9.17, 15) is 9.59 Å². The summed E-state index contributed by atoms with van der Waals surface area (Å²) in [4.78, 5) is 23.2. The number of carbonyl (C=O) groups excluding carboxylic acids is 2. The second kappa shape index (κ2) is 9.73. The number of amides is 2. The molecule has 116 valence electrons. The molecule has 0 spiro atoms. The molecule has 7 nitrogen and oxygen atoms in total. The molecule has 1 aromatic carbocycles. The highest BCUT2D eigenvalue weighted by Gasteiger charge is 2.07. The standard InChI is InChI=1S/C14H21N3O4/c1-20-8-9-21-7-6-16-13(18)10-17-14(19)11-2-4-12(15)5-3-11/h2-5H,6-10,15H2,1H3,(H,16,18)(H,17,19). The number of carbonyl (C=O) groups is 2. The molecule has 21 heavy (non-hydrogen) atoms. The van der Waals surface area contributed by atoms with Crippen LogP contribution in [0.5, 0.6) is 0 Å². The van der Waals surface area contributed by atoms with Gasteiger partial charge in [0.15, 0.2) is 0 Å². The third kappa shape index (κ3) is 7.28. The number of methoxy groups -OCH3 is 1. The molecule has 1 rings (SSSR count). The minimum Gasteiger partial charge on any atom is -0.399 e. The zero-order chi connectivity index (χ0) is 15.5. The molecule has 0 fully saturated rings. The summed E-state index contributed by atoms with van der Waals surface area (Å²) in [6.45, 7) is 1.72. The van der Waals surface area contributed by atoms with Crippen LogP contribution in [0.2, 0.25) is 0 Å². The van der Waals surface area contributed by atoms with Gasteiger partial charge in [0.25, 0.3) is 5.91 Å². The van der Waals surface area contributed by atoms with E-state index in [4.69, 9.17) is 15.2 Å². The Morgan fingerprint density at radius 1 is 1.10 bits per heavy atom. The van der Waals surface area contributed by atoms with E-state index in [1.54, 1.807) is 31.4 Å². The van der Waals surface area contributed by atoms with E-state index in [0.717, 1.165) is 0 Å². The van der Waals surface area contributed by atoms with Crippen LogP contribution in [0, 0.1) is 0 Å². The lowest BCUT2D eigenvalue weighted by atomic mass is 10.2. The molecule has 2 amide bonds. The molecule has 0 radical (unpaired) electrons. The summed E-state index contributed by atoms with van der Waals surface area (Å²) in [5.74, 6) is -0.587. The van der Waals surface area contributed by atoms with Crippen molar-refractivity contribution in [2.75, 3.05) is 45.8 Å². The first-order valence-corrected chi connectivity index (χ1v) is 6.60. The lowest BCUT2D eigenvalue weighted by molar-refractivity contribution is -0.120. The molecule has 1 aromatic rings. The second-order valence-electron chi connectivity index (χ2n) is 4.26. The van der Waals surface area contributed by atoms with E-state index >= 15 is 0 Å². The van der Waals surface area contributed by atoms with Gasteiger partial charge in [0.05, 0.1) is 26.4 Å².